The summed E-state index contributed by atoms with van der Waals surface area (Å²) < 4.78 is 0. The third-order valence-electron chi connectivity index (χ3n) is 2.80. The highest BCUT2D eigenvalue weighted by Crippen LogP contribution is 2.24. The van der Waals surface area contributed by atoms with Crippen LogP contribution in [0.5, 0.6) is 0 Å². The maximum Gasteiger partial charge on any atom is 0.146 e. The van der Waals surface area contributed by atoms with Crippen LogP contribution in [0.3, 0.4) is 0 Å². The molecule has 0 aromatic carbocycles. The van der Waals surface area contributed by atoms with Gasteiger partial charge in [0.05, 0.1) is 6.04 Å². The van der Waals surface area contributed by atoms with E-state index >= 15 is 0 Å². The fourth-order valence-corrected chi connectivity index (χ4v) is 2.08. The molecule has 70 valence electrons. The van der Waals surface area contributed by atoms with E-state index in [-0.39, 0.29) is 6.04 Å². The van der Waals surface area contributed by atoms with Gasteiger partial charge in [0.1, 0.15) is 5.78 Å². The first-order valence-corrected chi connectivity index (χ1v) is 4.86. The van der Waals surface area contributed by atoms with Crippen molar-refractivity contribution in [2.75, 3.05) is 6.54 Å². The van der Waals surface area contributed by atoms with Gasteiger partial charge in [0.25, 0.3) is 0 Å². The Morgan fingerprint density at radius 3 is 2.58 bits per heavy atom. The third-order valence-corrected chi connectivity index (χ3v) is 2.80. The molecule has 1 rings (SSSR count). The van der Waals surface area contributed by atoms with Crippen molar-refractivity contribution in [1.29, 1.82) is 0 Å². The molecule has 1 saturated heterocycles. The highest BCUT2D eigenvalue weighted by Gasteiger charge is 2.29. The van der Waals surface area contributed by atoms with Crippen molar-refractivity contribution in [2.45, 2.75) is 39.7 Å². The Morgan fingerprint density at radius 1 is 1.50 bits per heavy atom. The molecule has 2 nitrogen and oxygen atoms in total. The molecular formula is C10H19NO. The summed E-state index contributed by atoms with van der Waals surface area (Å²) in [4.78, 5) is 11.3. The van der Waals surface area contributed by atoms with Crippen molar-refractivity contribution in [3.8, 4) is 0 Å². The molecule has 1 aliphatic heterocycles. The lowest BCUT2D eigenvalue weighted by Gasteiger charge is -2.33. The minimum atomic E-state index is 0.124. The van der Waals surface area contributed by atoms with Crippen LogP contribution in [-0.4, -0.2) is 18.4 Å². The van der Waals surface area contributed by atoms with Gasteiger partial charge in [-0.3, -0.25) is 4.79 Å². The van der Waals surface area contributed by atoms with E-state index in [0.717, 1.165) is 6.54 Å². The molecule has 0 radical (unpaired) electrons. The van der Waals surface area contributed by atoms with Crippen LogP contribution in [0.2, 0.25) is 0 Å². The second-order valence-corrected chi connectivity index (χ2v) is 4.09. The van der Waals surface area contributed by atoms with Crippen LogP contribution in [0.15, 0.2) is 0 Å². The van der Waals surface area contributed by atoms with Crippen LogP contribution in [0.25, 0.3) is 0 Å². The number of carbonyl (C=O) groups is 1. The van der Waals surface area contributed by atoms with E-state index in [9.17, 15) is 4.79 Å². The highest BCUT2D eigenvalue weighted by molar-refractivity contribution is 5.81. The molecule has 0 saturated carbocycles. The Labute approximate surface area is 74.7 Å². The van der Waals surface area contributed by atoms with Crippen molar-refractivity contribution in [1.82, 2.24) is 5.32 Å². The molecule has 0 bridgehead atoms. The average Bonchev–Trinajstić information content (AvgIpc) is 2.04. The van der Waals surface area contributed by atoms with Gasteiger partial charge in [0, 0.05) is 0 Å². The van der Waals surface area contributed by atoms with E-state index in [0.29, 0.717) is 17.6 Å². The monoisotopic (exact) mass is 169 g/mol. The standard InChI is InChI=1S/C10H19NO/c1-7(2)9-5-4-6-11-10(9)8(3)12/h7,9-11H,4-6H2,1-3H3. The summed E-state index contributed by atoms with van der Waals surface area (Å²) >= 11 is 0. The van der Waals surface area contributed by atoms with Gasteiger partial charge in [-0.1, -0.05) is 13.8 Å². The SMILES string of the molecule is CC(=O)C1NCCCC1C(C)C. The smallest absolute Gasteiger partial charge is 0.146 e. The average molecular weight is 169 g/mol. The largest absolute Gasteiger partial charge is 0.307 e. The molecule has 1 aliphatic rings. The second-order valence-electron chi connectivity index (χ2n) is 4.09. The fraction of sp³-hybridized carbons (Fsp3) is 0.900. The first-order chi connectivity index (χ1) is 5.63. The first-order valence-electron chi connectivity index (χ1n) is 4.86. The Kier molecular flexibility index (Phi) is 3.27. The summed E-state index contributed by atoms with van der Waals surface area (Å²) in [5, 5.41) is 3.30. The van der Waals surface area contributed by atoms with Crippen molar-refractivity contribution < 1.29 is 4.79 Å². The summed E-state index contributed by atoms with van der Waals surface area (Å²) in [5.41, 5.74) is 0. The highest BCUT2D eigenvalue weighted by atomic mass is 16.1. The molecule has 1 fully saturated rings. The first kappa shape index (κ1) is 9.72. The van der Waals surface area contributed by atoms with E-state index in [1.54, 1.807) is 6.92 Å². The zero-order valence-corrected chi connectivity index (χ0v) is 8.26. The Bertz CT molecular complexity index is 165. The van der Waals surface area contributed by atoms with Gasteiger partial charge in [-0.05, 0) is 38.1 Å². The maximum absolute atomic E-state index is 11.3. The van der Waals surface area contributed by atoms with Gasteiger partial charge in [-0.15, -0.1) is 0 Å². The summed E-state index contributed by atoms with van der Waals surface area (Å²) in [6.45, 7) is 7.10. The second kappa shape index (κ2) is 4.04. The van der Waals surface area contributed by atoms with Crippen molar-refractivity contribution in [3.63, 3.8) is 0 Å². The molecule has 0 aromatic heterocycles. The van der Waals surface area contributed by atoms with Gasteiger partial charge >= 0.3 is 0 Å². The zero-order chi connectivity index (χ0) is 9.14. The normalized spacial score (nSPS) is 30.7. The number of ketones is 1. The fourth-order valence-electron chi connectivity index (χ4n) is 2.08. The van der Waals surface area contributed by atoms with Crippen LogP contribution in [0.4, 0.5) is 0 Å². The minimum absolute atomic E-state index is 0.124. The lowest BCUT2D eigenvalue weighted by atomic mass is 9.81. The van der Waals surface area contributed by atoms with E-state index in [2.05, 4.69) is 19.2 Å². The Hall–Kier alpha value is -0.370. The maximum atomic E-state index is 11.3. The van der Waals surface area contributed by atoms with Gasteiger partial charge in [0.15, 0.2) is 0 Å². The summed E-state index contributed by atoms with van der Waals surface area (Å²) in [7, 11) is 0. The quantitative estimate of drug-likeness (QED) is 0.680. The number of hydrogen-bond donors (Lipinski definition) is 1. The summed E-state index contributed by atoms with van der Waals surface area (Å²) in [5.74, 6) is 1.47. The van der Waals surface area contributed by atoms with Gasteiger partial charge in [0.2, 0.25) is 0 Å². The Morgan fingerprint density at radius 2 is 2.17 bits per heavy atom. The predicted octanol–water partition coefficient (Wildman–Crippen LogP) is 1.60. The van der Waals surface area contributed by atoms with Crippen LogP contribution in [0.1, 0.15) is 33.6 Å². The molecule has 2 atom stereocenters. The third kappa shape index (κ3) is 2.07. The number of hydrogen-bond acceptors (Lipinski definition) is 2. The van der Waals surface area contributed by atoms with E-state index in [1.807, 2.05) is 0 Å². The molecule has 12 heavy (non-hydrogen) atoms. The van der Waals surface area contributed by atoms with E-state index in [1.165, 1.54) is 12.8 Å². The minimum Gasteiger partial charge on any atom is -0.307 e. The Balaban J connectivity index is 2.60. The molecule has 2 unspecified atom stereocenters. The number of piperidine rings is 1. The van der Waals surface area contributed by atoms with Crippen molar-refractivity contribution in [2.24, 2.45) is 11.8 Å². The topological polar surface area (TPSA) is 29.1 Å². The summed E-state index contributed by atoms with van der Waals surface area (Å²) in [6, 6.07) is 0.124. The van der Waals surface area contributed by atoms with Crippen LogP contribution < -0.4 is 5.32 Å². The zero-order valence-electron chi connectivity index (χ0n) is 8.26. The number of Topliss-reactive ketones (excluding diaryl/α,β-unsaturated/α-hetero) is 1. The summed E-state index contributed by atoms with van der Waals surface area (Å²) in [6.07, 6.45) is 2.42. The van der Waals surface area contributed by atoms with Crippen LogP contribution in [0, 0.1) is 11.8 Å². The number of carbonyl (C=O) groups excluding carboxylic acids is 1. The van der Waals surface area contributed by atoms with E-state index < -0.39 is 0 Å². The molecule has 0 aliphatic carbocycles. The van der Waals surface area contributed by atoms with Crippen molar-refractivity contribution in [3.05, 3.63) is 0 Å². The number of rotatable bonds is 2. The van der Waals surface area contributed by atoms with Gasteiger partial charge in [-0.2, -0.15) is 0 Å². The van der Waals surface area contributed by atoms with Crippen LogP contribution >= 0.6 is 0 Å². The molecule has 1 N–H and O–H groups in total. The number of nitrogens with one attached hydrogen (secondary N) is 1. The molecular weight excluding hydrogens is 150 g/mol. The predicted molar refractivity (Wildman–Crippen MR) is 50.0 cm³/mol. The van der Waals surface area contributed by atoms with Gasteiger partial charge in [-0.25, -0.2) is 0 Å². The van der Waals surface area contributed by atoms with Crippen LogP contribution in [-0.2, 0) is 4.79 Å². The molecule has 2 heteroatoms. The van der Waals surface area contributed by atoms with E-state index in [4.69, 9.17) is 0 Å². The van der Waals surface area contributed by atoms with Gasteiger partial charge < -0.3 is 5.32 Å². The molecule has 0 amide bonds. The lowest BCUT2D eigenvalue weighted by Crippen LogP contribution is -2.47. The molecule has 1 heterocycles. The molecule has 0 spiro atoms. The van der Waals surface area contributed by atoms with Crippen molar-refractivity contribution >= 4 is 5.78 Å². The lowest BCUT2D eigenvalue weighted by molar-refractivity contribution is -0.121. The molecule has 0 aromatic rings.